The number of methoxy groups -OCH3 is 2. The van der Waals surface area contributed by atoms with Crippen molar-refractivity contribution in [3.8, 4) is 11.5 Å². The van der Waals surface area contributed by atoms with Crippen LogP contribution < -0.4 is 20.1 Å². The lowest BCUT2D eigenvalue weighted by atomic mass is 10.1. The van der Waals surface area contributed by atoms with Gasteiger partial charge in [0.25, 0.3) is 0 Å². The lowest BCUT2D eigenvalue weighted by Gasteiger charge is -2.11. The maximum atomic E-state index is 12.3. The predicted molar refractivity (Wildman–Crippen MR) is 116 cm³/mol. The summed E-state index contributed by atoms with van der Waals surface area (Å²) in [6, 6.07) is 5.92. The first kappa shape index (κ1) is 23.0. The minimum absolute atomic E-state index is 0.0790. The zero-order chi connectivity index (χ0) is 22.2. The first-order chi connectivity index (χ1) is 15.0. The third kappa shape index (κ3) is 6.63. The summed E-state index contributed by atoms with van der Waals surface area (Å²) in [7, 11) is 3.17. The van der Waals surface area contributed by atoms with Crippen LogP contribution in [-0.2, 0) is 29.2 Å². The van der Waals surface area contributed by atoms with E-state index in [0.717, 1.165) is 18.4 Å². The summed E-state index contributed by atoms with van der Waals surface area (Å²) in [5, 5.41) is 15.9. The second-order valence-electron chi connectivity index (χ2n) is 7.20. The number of hydrogen-bond acceptors (Lipinski definition) is 7. The smallest absolute Gasteiger partial charge is 0.240 e. The average Bonchev–Trinajstić information content (AvgIpc) is 3.50. The third-order valence-corrected chi connectivity index (χ3v) is 5.81. The van der Waals surface area contributed by atoms with Gasteiger partial charge in [-0.15, -0.1) is 0 Å². The van der Waals surface area contributed by atoms with E-state index in [1.54, 1.807) is 18.8 Å². The molecule has 1 aromatic heterocycles. The van der Waals surface area contributed by atoms with Crippen molar-refractivity contribution >= 4 is 23.6 Å². The van der Waals surface area contributed by atoms with Crippen molar-refractivity contribution in [3.63, 3.8) is 0 Å². The van der Waals surface area contributed by atoms with E-state index >= 15 is 0 Å². The van der Waals surface area contributed by atoms with Crippen LogP contribution in [0.5, 0.6) is 11.5 Å². The fourth-order valence-corrected chi connectivity index (χ4v) is 3.84. The first-order valence-corrected chi connectivity index (χ1v) is 11.1. The molecule has 0 radical (unpaired) electrons. The van der Waals surface area contributed by atoms with Crippen molar-refractivity contribution < 1.29 is 24.2 Å². The number of aromatic nitrogens is 2. The topological polar surface area (TPSA) is 115 Å². The molecule has 1 aromatic carbocycles. The molecule has 1 aliphatic rings. The second-order valence-corrected chi connectivity index (χ2v) is 8.14. The molecule has 0 atom stereocenters. The molecule has 3 rings (SSSR count). The minimum atomic E-state index is -0.220. The number of benzene rings is 1. The number of thioether (sulfide) groups is 1. The highest BCUT2D eigenvalue weighted by molar-refractivity contribution is 7.99. The second kappa shape index (κ2) is 11.1. The van der Waals surface area contributed by atoms with Gasteiger partial charge in [-0.25, -0.2) is 4.98 Å². The number of aliphatic hydroxyl groups excluding tert-OH is 1. The molecule has 168 valence electrons. The largest absolute Gasteiger partial charge is 0.493 e. The van der Waals surface area contributed by atoms with Crippen LogP contribution in [0.2, 0.25) is 0 Å². The molecular weight excluding hydrogens is 420 g/mol. The van der Waals surface area contributed by atoms with Gasteiger partial charge in [-0.1, -0.05) is 17.8 Å². The van der Waals surface area contributed by atoms with Crippen molar-refractivity contribution in [1.82, 2.24) is 20.2 Å². The monoisotopic (exact) mass is 448 g/mol. The molecule has 1 saturated carbocycles. The quantitative estimate of drug-likeness (QED) is 0.417. The molecule has 1 aliphatic carbocycles. The van der Waals surface area contributed by atoms with Crippen LogP contribution in [0.1, 0.15) is 24.1 Å². The number of hydrogen-bond donors (Lipinski definition) is 3. The van der Waals surface area contributed by atoms with Gasteiger partial charge in [0.15, 0.2) is 16.7 Å². The number of aliphatic hydroxyl groups is 1. The highest BCUT2D eigenvalue weighted by Crippen LogP contribution is 2.27. The van der Waals surface area contributed by atoms with Crippen LogP contribution in [0.3, 0.4) is 0 Å². The van der Waals surface area contributed by atoms with Gasteiger partial charge >= 0.3 is 0 Å². The number of nitrogens with zero attached hydrogens (tertiary/aromatic N) is 2. The van der Waals surface area contributed by atoms with E-state index in [0.29, 0.717) is 35.3 Å². The summed E-state index contributed by atoms with van der Waals surface area (Å²) in [5.41, 5.74) is 1.57. The van der Waals surface area contributed by atoms with Crippen LogP contribution in [0.25, 0.3) is 0 Å². The molecule has 0 spiro atoms. The summed E-state index contributed by atoms with van der Waals surface area (Å²) in [6.45, 7) is 0.340. The van der Waals surface area contributed by atoms with Gasteiger partial charge in [0, 0.05) is 12.6 Å². The van der Waals surface area contributed by atoms with Crippen molar-refractivity contribution in [3.05, 3.63) is 35.7 Å². The van der Waals surface area contributed by atoms with Crippen LogP contribution >= 0.6 is 11.8 Å². The van der Waals surface area contributed by atoms with E-state index in [4.69, 9.17) is 9.47 Å². The maximum Gasteiger partial charge on any atom is 0.240 e. The van der Waals surface area contributed by atoms with Crippen LogP contribution in [-0.4, -0.2) is 59.0 Å². The van der Waals surface area contributed by atoms with Crippen LogP contribution in [0.4, 0.5) is 0 Å². The number of ether oxygens (including phenoxy) is 2. The van der Waals surface area contributed by atoms with Gasteiger partial charge < -0.3 is 29.8 Å². The molecule has 0 unspecified atom stereocenters. The Balaban J connectivity index is 1.47. The summed E-state index contributed by atoms with van der Waals surface area (Å²) in [4.78, 5) is 28.6. The molecule has 0 aliphatic heterocycles. The van der Waals surface area contributed by atoms with E-state index in [1.807, 2.05) is 18.2 Å². The third-order valence-electron chi connectivity index (χ3n) is 4.82. The Kier molecular flexibility index (Phi) is 8.19. The van der Waals surface area contributed by atoms with Crippen molar-refractivity contribution in [2.45, 2.75) is 43.6 Å². The number of rotatable bonds is 12. The van der Waals surface area contributed by atoms with Crippen LogP contribution in [0, 0.1) is 0 Å². The molecular formula is C21H28N4O5S. The van der Waals surface area contributed by atoms with Gasteiger partial charge in [-0.05, 0) is 37.0 Å². The van der Waals surface area contributed by atoms with E-state index < -0.39 is 0 Å². The summed E-state index contributed by atoms with van der Waals surface area (Å²) < 4.78 is 12.2. The Morgan fingerprint density at radius 3 is 2.68 bits per heavy atom. The number of amides is 2. The van der Waals surface area contributed by atoms with Gasteiger partial charge in [0.05, 0.1) is 38.5 Å². The van der Waals surface area contributed by atoms with E-state index in [9.17, 15) is 14.7 Å². The van der Waals surface area contributed by atoms with Crippen LogP contribution in [0.15, 0.2) is 29.6 Å². The summed E-state index contributed by atoms with van der Waals surface area (Å²) in [5.74, 6) is 1.23. The zero-order valence-corrected chi connectivity index (χ0v) is 18.5. The Bertz CT molecular complexity index is 913. The lowest BCUT2D eigenvalue weighted by Crippen LogP contribution is -2.30. The van der Waals surface area contributed by atoms with E-state index in [1.165, 1.54) is 18.0 Å². The molecule has 2 amide bonds. The van der Waals surface area contributed by atoms with Gasteiger partial charge in [0.1, 0.15) is 6.54 Å². The van der Waals surface area contributed by atoms with Crippen molar-refractivity contribution in [2.75, 3.05) is 26.5 Å². The fourth-order valence-electron chi connectivity index (χ4n) is 3.01. The summed E-state index contributed by atoms with van der Waals surface area (Å²) in [6.07, 6.45) is 4.20. The van der Waals surface area contributed by atoms with Gasteiger partial charge in [-0.2, -0.15) is 0 Å². The molecule has 1 fully saturated rings. The lowest BCUT2D eigenvalue weighted by molar-refractivity contribution is -0.122. The molecule has 1 heterocycles. The van der Waals surface area contributed by atoms with Crippen molar-refractivity contribution in [1.29, 1.82) is 0 Å². The molecule has 31 heavy (non-hydrogen) atoms. The van der Waals surface area contributed by atoms with Gasteiger partial charge in [-0.3, -0.25) is 9.59 Å². The molecule has 2 aromatic rings. The number of nitrogens with one attached hydrogen (secondary N) is 2. The molecule has 10 heteroatoms. The Hall–Kier alpha value is -2.72. The molecule has 0 bridgehead atoms. The number of carbonyl (C=O) groups excluding carboxylic acids is 2. The Morgan fingerprint density at radius 2 is 2.00 bits per heavy atom. The first-order valence-electron chi connectivity index (χ1n) is 10.1. The normalized spacial score (nSPS) is 13.0. The highest BCUT2D eigenvalue weighted by atomic mass is 32.2. The van der Waals surface area contributed by atoms with E-state index in [-0.39, 0.29) is 36.8 Å². The number of carbonyl (C=O) groups is 2. The zero-order valence-electron chi connectivity index (χ0n) is 17.7. The highest BCUT2D eigenvalue weighted by Gasteiger charge is 2.24. The molecule has 3 N–H and O–H groups in total. The van der Waals surface area contributed by atoms with E-state index in [2.05, 4.69) is 15.6 Å². The SMILES string of the molecule is COc1ccc(CCNC(=O)CSc2ncc(CO)n2CC(=O)NC2CC2)cc1OC. The maximum absolute atomic E-state index is 12.3. The molecule has 0 saturated heterocycles. The molecule has 9 nitrogen and oxygen atoms in total. The standard InChI is InChI=1S/C21H28N4O5S/c1-29-17-6-3-14(9-18(17)30-2)7-8-22-20(28)13-31-21-23-10-16(12-26)25(21)11-19(27)24-15-4-5-15/h3,6,9-10,15,26H,4-5,7-8,11-13H2,1-2H3,(H,22,28)(H,24,27). The predicted octanol–water partition coefficient (Wildman–Crippen LogP) is 1.12. The Labute approximate surface area is 185 Å². The minimum Gasteiger partial charge on any atom is -0.493 e. The Morgan fingerprint density at radius 1 is 1.23 bits per heavy atom. The fraction of sp³-hybridized carbons (Fsp3) is 0.476. The average molecular weight is 449 g/mol. The van der Waals surface area contributed by atoms with Crippen molar-refractivity contribution in [2.24, 2.45) is 0 Å². The summed E-state index contributed by atoms with van der Waals surface area (Å²) >= 11 is 1.24. The number of imidazole rings is 1. The van der Waals surface area contributed by atoms with Gasteiger partial charge in [0.2, 0.25) is 11.8 Å².